The minimum atomic E-state index is -4.56. The fourth-order valence-electron chi connectivity index (χ4n) is 4.00. The molecule has 0 aromatic heterocycles. The number of carbonyl (C=O) groups excluding carboxylic acids is 2. The average Bonchev–Trinajstić information content (AvgIpc) is 2.69. The first-order valence-electron chi connectivity index (χ1n) is 10.0. The van der Waals surface area contributed by atoms with Crippen LogP contribution in [0.15, 0.2) is 18.2 Å². The number of nitrogens with zero attached hydrogens (tertiary/aromatic N) is 1. The molecule has 2 amide bonds. The number of ether oxygens (including phenoxy) is 1. The number of nitrogens with one attached hydrogen (secondary N) is 2. The van der Waals surface area contributed by atoms with Crippen molar-refractivity contribution in [3.8, 4) is 0 Å². The van der Waals surface area contributed by atoms with Crippen molar-refractivity contribution in [2.24, 2.45) is 5.92 Å². The van der Waals surface area contributed by atoms with Crippen molar-refractivity contribution in [3.63, 3.8) is 0 Å². The van der Waals surface area contributed by atoms with Crippen molar-refractivity contribution in [1.82, 2.24) is 15.5 Å². The van der Waals surface area contributed by atoms with Crippen molar-refractivity contribution < 1.29 is 31.9 Å². The van der Waals surface area contributed by atoms with Gasteiger partial charge in [0.05, 0.1) is 18.8 Å². The maximum Gasteiger partial charge on any atom is 0.408 e. The summed E-state index contributed by atoms with van der Waals surface area (Å²) < 4.78 is 58.6. The Morgan fingerprint density at radius 1 is 1.39 bits per heavy atom. The van der Waals surface area contributed by atoms with Crippen LogP contribution in [0.4, 0.5) is 17.6 Å². The molecule has 0 saturated carbocycles. The highest BCUT2D eigenvalue weighted by molar-refractivity contribution is 6.31. The van der Waals surface area contributed by atoms with Crippen LogP contribution in [0, 0.1) is 11.7 Å². The van der Waals surface area contributed by atoms with Crippen molar-refractivity contribution in [2.45, 2.75) is 44.1 Å². The van der Waals surface area contributed by atoms with Gasteiger partial charge in [0.15, 0.2) is 0 Å². The summed E-state index contributed by atoms with van der Waals surface area (Å²) >= 11 is 6.24. The van der Waals surface area contributed by atoms with Crippen LogP contribution >= 0.6 is 11.6 Å². The topological polar surface area (TPSA) is 70.7 Å². The summed E-state index contributed by atoms with van der Waals surface area (Å²) in [5, 5.41) is 4.67. The molecule has 2 heterocycles. The van der Waals surface area contributed by atoms with Gasteiger partial charge in [0, 0.05) is 30.2 Å². The zero-order valence-electron chi connectivity index (χ0n) is 16.8. The molecule has 172 valence electrons. The number of amides is 2. The van der Waals surface area contributed by atoms with E-state index < -0.39 is 41.8 Å². The van der Waals surface area contributed by atoms with Crippen LogP contribution in [0.5, 0.6) is 0 Å². The summed E-state index contributed by atoms with van der Waals surface area (Å²) in [5.41, 5.74) is 0.212. The Hall–Kier alpha value is -1.91. The number of benzene rings is 1. The molecule has 6 nitrogen and oxygen atoms in total. The highest BCUT2D eigenvalue weighted by Crippen LogP contribution is 2.32. The first-order chi connectivity index (χ1) is 14.6. The molecule has 4 unspecified atom stereocenters. The summed E-state index contributed by atoms with van der Waals surface area (Å²) in [5.74, 6) is -3.43. The Morgan fingerprint density at radius 3 is 2.74 bits per heavy atom. The minimum absolute atomic E-state index is 0.0569. The van der Waals surface area contributed by atoms with E-state index >= 15 is 0 Å². The standard InChI is InChI=1S/C20H24ClF4N3O3/c1-11-10-28(7-8-31-11)15(17-13(21)3-2-4-14(17)22)9-26-18(29)12-5-6-16(20(23,24)25)27-19(12)30/h2-4,11-12,15-16H,5-10H2,1H3,(H,26,29)(H,27,30). The Bertz CT molecular complexity index is 803. The van der Waals surface area contributed by atoms with E-state index in [2.05, 4.69) is 5.32 Å². The SMILES string of the molecule is CC1CN(C(CNC(=O)C2CCC(C(F)(F)F)NC2=O)c2c(F)cccc2Cl)CCO1. The summed E-state index contributed by atoms with van der Waals surface area (Å²) in [6.45, 7) is 3.18. The van der Waals surface area contributed by atoms with Gasteiger partial charge in [-0.1, -0.05) is 17.7 Å². The van der Waals surface area contributed by atoms with E-state index in [1.54, 1.807) is 6.07 Å². The number of carbonyl (C=O) groups is 2. The average molecular weight is 466 g/mol. The van der Waals surface area contributed by atoms with E-state index in [0.717, 1.165) is 0 Å². The van der Waals surface area contributed by atoms with Gasteiger partial charge in [-0.15, -0.1) is 0 Å². The molecule has 0 spiro atoms. The second-order valence-corrected chi connectivity index (χ2v) is 8.21. The van der Waals surface area contributed by atoms with E-state index in [-0.39, 0.29) is 36.1 Å². The van der Waals surface area contributed by atoms with Gasteiger partial charge in [0.2, 0.25) is 11.8 Å². The van der Waals surface area contributed by atoms with Crippen LogP contribution in [0.1, 0.15) is 31.4 Å². The predicted molar refractivity (Wildman–Crippen MR) is 105 cm³/mol. The van der Waals surface area contributed by atoms with Crippen LogP contribution in [-0.2, 0) is 14.3 Å². The van der Waals surface area contributed by atoms with Gasteiger partial charge in [0.25, 0.3) is 0 Å². The lowest BCUT2D eigenvalue weighted by Crippen LogP contribution is -2.55. The third-order valence-corrected chi connectivity index (χ3v) is 5.93. The number of piperidine rings is 1. The largest absolute Gasteiger partial charge is 0.408 e. The maximum absolute atomic E-state index is 14.6. The second-order valence-electron chi connectivity index (χ2n) is 7.81. The number of alkyl halides is 3. The zero-order chi connectivity index (χ0) is 22.8. The zero-order valence-corrected chi connectivity index (χ0v) is 17.6. The first-order valence-corrected chi connectivity index (χ1v) is 10.4. The normalized spacial score (nSPS) is 26.3. The smallest absolute Gasteiger partial charge is 0.376 e. The molecule has 0 radical (unpaired) electrons. The van der Waals surface area contributed by atoms with Crippen LogP contribution in [0.3, 0.4) is 0 Å². The van der Waals surface area contributed by atoms with Gasteiger partial charge in [0.1, 0.15) is 17.8 Å². The van der Waals surface area contributed by atoms with Crippen LogP contribution < -0.4 is 10.6 Å². The van der Waals surface area contributed by atoms with E-state index in [0.29, 0.717) is 19.7 Å². The monoisotopic (exact) mass is 465 g/mol. The fourth-order valence-corrected chi connectivity index (χ4v) is 4.29. The lowest BCUT2D eigenvalue weighted by molar-refractivity contribution is -0.171. The van der Waals surface area contributed by atoms with E-state index in [4.69, 9.17) is 16.3 Å². The van der Waals surface area contributed by atoms with Gasteiger partial charge < -0.3 is 15.4 Å². The van der Waals surface area contributed by atoms with Gasteiger partial charge in [-0.2, -0.15) is 13.2 Å². The molecule has 0 bridgehead atoms. The number of hydrogen-bond donors (Lipinski definition) is 2. The quantitative estimate of drug-likeness (QED) is 0.518. The molecule has 3 rings (SSSR count). The number of halogens is 5. The highest BCUT2D eigenvalue weighted by atomic mass is 35.5. The van der Waals surface area contributed by atoms with Crippen molar-refractivity contribution in [1.29, 1.82) is 0 Å². The Balaban J connectivity index is 1.72. The summed E-state index contributed by atoms with van der Waals surface area (Å²) in [4.78, 5) is 26.6. The molecular weight excluding hydrogens is 442 g/mol. The molecule has 2 saturated heterocycles. The molecule has 0 aliphatic carbocycles. The minimum Gasteiger partial charge on any atom is -0.376 e. The lowest BCUT2D eigenvalue weighted by atomic mass is 9.92. The van der Waals surface area contributed by atoms with Gasteiger partial charge in [-0.25, -0.2) is 4.39 Å². The summed E-state index contributed by atoms with van der Waals surface area (Å²) in [6, 6.07) is 1.71. The molecule has 31 heavy (non-hydrogen) atoms. The molecular formula is C20H24ClF4N3O3. The van der Waals surface area contributed by atoms with Crippen molar-refractivity contribution >= 4 is 23.4 Å². The molecule has 2 N–H and O–H groups in total. The van der Waals surface area contributed by atoms with Crippen LogP contribution in [0.2, 0.25) is 5.02 Å². The van der Waals surface area contributed by atoms with Crippen molar-refractivity contribution in [2.75, 3.05) is 26.2 Å². The van der Waals surface area contributed by atoms with E-state index in [1.165, 1.54) is 12.1 Å². The van der Waals surface area contributed by atoms with Gasteiger partial charge >= 0.3 is 6.18 Å². The fraction of sp³-hybridized carbons (Fsp3) is 0.600. The number of hydrogen-bond acceptors (Lipinski definition) is 4. The van der Waals surface area contributed by atoms with E-state index in [1.807, 2.05) is 17.1 Å². The lowest BCUT2D eigenvalue weighted by Gasteiger charge is -2.38. The highest BCUT2D eigenvalue weighted by Gasteiger charge is 2.46. The molecule has 2 aliphatic rings. The summed E-state index contributed by atoms with van der Waals surface area (Å²) in [6.07, 6.45) is -5.27. The summed E-state index contributed by atoms with van der Waals surface area (Å²) in [7, 11) is 0. The Morgan fingerprint density at radius 2 is 2.13 bits per heavy atom. The molecule has 2 fully saturated rings. The van der Waals surface area contributed by atoms with E-state index in [9.17, 15) is 27.2 Å². The molecule has 4 atom stereocenters. The Kier molecular flexibility index (Phi) is 7.43. The molecule has 1 aromatic rings. The third-order valence-electron chi connectivity index (χ3n) is 5.60. The van der Waals surface area contributed by atoms with Gasteiger partial charge in [-0.05, 0) is 31.9 Å². The third kappa shape index (κ3) is 5.67. The Labute approximate surface area is 182 Å². The molecule has 1 aromatic carbocycles. The first kappa shape index (κ1) is 23.7. The maximum atomic E-state index is 14.6. The number of morpholine rings is 1. The predicted octanol–water partition coefficient (Wildman–Crippen LogP) is 2.81. The second kappa shape index (κ2) is 9.70. The van der Waals surface area contributed by atoms with Crippen LogP contribution in [0.25, 0.3) is 0 Å². The molecule has 2 aliphatic heterocycles. The van der Waals surface area contributed by atoms with Crippen LogP contribution in [-0.4, -0.2) is 61.3 Å². The van der Waals surface area contributed by atoms with Gasteiger partial charge in [-0.3, -0.25) is 14.5 Å². The molecule has 11 heteroatoms. The number of rotatable bonds is 5. The van der Waals surface area contributed by atoms with Crippen molar-refractivity contribution in [3.05, 3.63) is 34.6 Å².